The van der Waals surface area contributed by atoms with Crippen molar-refractivity contribution in [2.24, 2.45) is 4.99 Å². The highest BCUT2D eigenvalue weighted by Crippen LogP contribution is 2.28. The van der Waals surface area contributed by atoms with Gasteiger partial charge in [-0.3, -0.25) is 4.99 Å². The molecule has 0 bridgehead atoms. The maximum atomic E-state index is 4.80. The molecular weight excluding hydrogens is 308 g/mol. The average molecular weight is 325 g/mol. The van der Waals surface area contributed by atoms with Crippen molar-refractivity contribution in [2.75, 3.05) is 0 Å². The van der Waals surface area contributed by atoms with Crippen molar-refractivity contribution in [3.63, 3.8) is 0 Å². The Labute approximate surface area is 121 Å². The normalized spacial score (nSPS) is 26.4. The number of nitrogens with one attached hydrogen (secondary N) is 1. The SMILES string of the molecule is Brc1ccc(CSC2=N[C@@H]3CCCC[C@H]3N2)cc1. The van der Waals surface area contributed by atoms with Crippen LogP contribution in [0.4, 0.5) is 0 Å². The largest absolute Gasteiger partial charge is 0.360 e. The van der Waals surface area contributed by atoms with Crippen LogP contribution in [0, 0.1) is 0 Å². The number of thioether (sulfide) groups is 1. The average Bonchev–Trinajstić information content (AvgIpc) is 2.81. The molecule has 1 N–H and O–H groups in total. The fourth-order valence-electron chi connectivity index (χ4n) is 2.59. The van der Waals surface area contributed by atoms with Gasteiger partial charge in [-0.25, -0.2) is 0 Å². The molecular formula is C14H17BrN2S. The number of aliphatic imine (C=N–C) groups is 1. The van der Waals surface area contributed by atoms with E-state index >= 15 is 0 Å². The fraction of sp³-hybridized carbons (Fsp3) is 0.500. The number of halogens is 1. The van der Waals surface area contributed by atoms with Crippen LogP contribution in [0.15, 0.2) is 33.7 Å². The summed E-state index contributed by atoms with van der Waals surface area (Å²) >= 11 is 5.29. The lowest BCUT2D eigenvalue weighted by Crippen LogP contribution is -2.36. The number of benzene rings is 1. The third-order valence-electron chi connectivity index (χ3n) is 3.61. The maximum absolute atomic E-state index is 4.80. The summed E-state index contributed by atoms with van der Waals surface area (Å²) in [5.74, 6) is 0.999. The van der Waals surface area contributed by atoms with Crippen molar-refractivity contribution in [3.8, 4) is 0 Å². The van der Waals surface area contributed by atoms with Crippen LogP contribution in [0.3, 0.4) is 0 Å². The molecule has 0 radical (unpaired) electrons. The Morgan fingerprint density at radius 2 is 2.00 bits per heavy atom. The summed E-state index contributed by atoms with van der Waals surface area (Å²) < 4.78 is 1.14. The molecule has 0 aromatic heterocycles. The Bertz CT molecular complexity index is 444. The lowest BCUT2D eigenvalue weighted by Gasteiger charge is -2.23. The molecule has 3 rings (SSSR count). The van der Waals surface area contributed by atoms with Gasteiger partial charge in [0.05, 0.1) is 12.1 Å². The monoisotopic (exact) mass is 324 g/mol. The van der Waals surface area contributed by atoms with E-state index in [2.05, 4.69) is 45.5 Å². The Morgan fingerprint density at radius 3 is 2.78 bits per heavy atom. The molecule has 2 nitrogen and oxygen atoms in total. The van der Waals surface area contributed by atoms with E-state index in [-0.39, 0.29) is 0 Å². The van der Waals surface area contributed by atoms with Crippen LogP contribution < -0.4 is 5.32 Å². The fourth-order valence-corrected chi connectivity index (χ4v) is 3.80. The van der Waals surface area contributed by atoms with E-state index < -0.39 is 0 Å². The molecule has 1 aliphatic carbocycles. The van der Waals surface area contributed by atoms with Crippen LogP contribution in [0.2, 0.25) is 0 Å². The molecule has 1 aromatic carbocycles. The topological polar surface area (TPSA) is 24.4 Å². The molecule has 96 valence electrons. The Kier molecular flexibility index (Phi) is 3.94. The van der Waals surface area contributed by atoms with Gasteiger partial charge in [0.1, 0.15) is 0 Å². The maximum Gasteiger partial charge on any atom is 0.157 e. The number of nitrogens with zero attached hydrogens (tertiary/aromatic N) is 1. The molecule has 0 unspecified atom stereocenters. The first-order chi connectivity index (χ1) is 8.81. The second-order valence-corrected chi connectivity index (χ2v) is 6.83. The zero-order chi connectivity index (χ0) is 12.4. The van der Waals surface area contributed by atoms with Gasteiger partial charge in [-0.15, -0.1) is 0 Å². The van der Waals surface area contributed by atoms with Crippen molar-refractivity contribution in [2.45, 2.75) is 43.5 Å². The molecule has 2 aliphatic rings. The molecule has 1 aliphatic heterocycles. The predicted molar refractivity (Wildman–Crippen MR) is 82.1 cm³/mol. The Hall–Kier alpha value is -0.480. The molecule has 0 saturated heterocycles. The molecule has 18 heavy (non-hydrogen) atoms. The first kappa shape index (κ1) is 12.5. The van der Waals surface area contributed by atoms with Crippen molar-refractivity contribution in [1.29, 1.82) is 0 Å². The van der Waals surface area contributed by atoms with Crippen molar-refractivity contribution >= 4 is 32.9 Å². The molecule has 0 amide bonds. The minimum atomic E-state index is 0.547. The highest BCUT2D eigenvalue weighted by atomic mass is 79.9. The summed E-state index contributed by atoms with van der Waals surface area (Å²) in [5, 5.41) is 4.73. The van der Waals surface area contributed by atoms with Crippen LogP contribution in [0.5, 0.6) is 0 Å². The molecule has 1 fully saturated rings. The second-order valence-electron chi connectivity index (χ2n) is 4.95. The number of fused-ring (bicyclic) bond motifs is 1. The number of hydrogen-bond acceptors (Lipinski definition) is 3. The van der Waals surface area contributed by atoms with Gasteiger partial charge in [-0.2, -0.15) is 0 Å². The van der Waals surface area contributed by atoms with E-state index in [1.165, 1.54) is 31.2 Å². The Balaban J connectivity index is 1.56. The molecule has 2 atom stereocenters. The third-order valence-corrected chi connectivity index (χ3v) is 5.11. The lowest BCUT2D eigenvalue weighted by molar-refractivity contribution is 0.385. The smallest absolute Gasteiger partial charge is 0.157 e. The van der Waals surface area contributed by atoms with Crippen molar-refractivity contribution in [1.82, 2.24) is 5.32 Å². The van der Waals surface area contributed by atoms with E-state index in [0.717, 1.165) is 15.4 Å². The summed E-state index contributed by atoms with van der Waals surface area (Å²) in [5.41, 5.74) is 1.35. The standard InChI is InChI=1S/C14H17BrN2S/c15-11-7-5-10(6-8-11)9-18-14-16-12-3-1-2-4-13(12)17-14/h5-8,12-13H,1-4,9H2,(H,16,17)/t12-,13-/m1/s1. The molecule has 0 spiro atoms. The third kappa shape index (κ3) is 2.91. The highest BCUT2D eigenvalue weighted by molar-refractivity contribution is 9.10. The zero-order valence-corrected chi connectivity index (χ0v) is 12.6. The number of rotatable bonds is 2. The van der Waals surface area contributed by atoms with Gasteiger partial charge in [-0.1, -0.05) is 52.7 Å². The summed E-state index contributed by atoms with van der Waals surface area (Å²) in [4.78, 5) is 4.80. The molecule has 1 aromatic rings. The van der Waals surface area contributed by atoms with E-state index in [4.69, 9.17) is 4.99 Å². The highest BCUT2D eigenvalue weighted by Gasteiger charge is 2.30. The summed E-state index contributed by atoms with van der Waals surface area (Å²) in [6, 6.07) is 9.69. The summed E-state index contributed by atoms with van der Waals surface area (Å²) in [6.45, 7) is 0. The van der Waals surface area contributed by atoms with Gasteiger partial charge >= 0.3 is 0 Å². The van der Waals surface area contributed by atoms with E-state index in [0.29, 0.717) is 12.1 Å². The second kappa shape index (κ2) is 5.66. The van der Waals surface area contributed by atoms with Gasteiger partial charge in [0, 0.05) is 10.2 Å². The van der Waals surface area contributed by atoms with Crippen LogP contribution in [-0.2, 0) is 5.75 Å². The van der Waals surface area contributed by atoms with Crippen LogP contribution in [0.25, 0.3) is 0 Å². The van der Waals surface area contributed by atoms with Gasteiger partial charge in [0.25, 0.3) is 0 Å². The Morgan fingerprint density at radius 1 is 1.22 bits per heavy atom. The first-order valence-corrected chi connectivity index (χ1v) is 8.31. The van der Waals surface area contributed by atoms with E-state index in [1.54, 1.807) is 0 Å². The van der Waals surface area contributed by atoms with Crippen molar-refractivity contribution < 1.29 is 0 Å². The number of amidine groups is 1. The van der Waals surface area contributed by atoms with Gasteiger partial charge in [0.15, 0.2) is 5.17 Å². The first-order valence-electron chi connectivity index (χ1n) is 6.53. The number of hydrogen-bond donors (Lipinski definition) is 1. The van der Waals surface area contributed by atoms with Gasteiger partial charge in [0.2, 0.25) is 0 Å². The zero-order valence-electron chi connectivity index (χ0n) is 10.2. The van der Waals surface area contributed by atoms with Crippen LogP contribution in [-0.4, -0.2) is 17.3 Å². The summed E-state index contributed by atoms with van der Waals surface area (Å²) in [6.07, 6.45) is 5.25. The van der Waals surface area contributed by atoms with E-state index in [9.17, 15) is 0 Å². The van der Waals surface area contributed by atoms with Gasteiger partial charge < -0.3 is 5.32 Å². The minimum Gasteiger partial charge on any atom is -0.360 e. The van der Waals surface area contributed by atoms with Gasteiger partial charge in [-0.05, 0) is 30.5 Å². The molecule has 4 heteroatoms. The lowest BCUT2D eigenvalue weighted by atomic mass is 9.92. The van der Waals surface area contributed by atoms with Crippen LogP contribution >= 0.6 is 27.7 Å². The predicted octanol–water partition coefficient (Wildman–Crippen LogP) is 3.95. The summed E-state index contributed by atoms with van der Waals surface area (Å²) in [7, 11) is 0. The van der Waals surface area contributed by atoms with E-state index in [1.807, 2.05) is 11.8 Å². The molecule has 1 heterocycles. The minimum absolute atomic E-state index is 0.547. The van der Waals surface area contributed by atoms with Crippen LogP contribution in [0.1, 0.15) is 31.2 Å². The quantitative estimate of drug-likeness (QED) is 0.890. The van der Waals surface area contributed by atoms with Crippen molar-refractivity contribution in [3.05, 3.63) is 34.3 Å². The molecule has 1 saturated carbocycles.